The van der Waals surface area contributed by atoms with Gasteiger partial charge < -0.3 is 14.6 Å². The van der Waals surface area contributed by atoms with Crippen molar-refractivity contribution in [2.45, 2.75) is 44.6 Å². The summed E-state index contributed by atoms with van der Waals surface area (Å²) in [7, 11) is -3.93. The first-order valence-corrected chi connectivity index (χ1v) is 11.6. The summed E-state index contributed by atoms with van der Waals surface area (Å²) in [6.45, 7) is 6.46. The van der Waals surface area contributed by atoms with Crippen LogP contribution in [0.25, 0.3) is 0 Å². The number of H-pyrrole nitrogens is 1. The molecule has 3 heterocycles. The Labute approximate surface area is 163 Å². The van der Waals surface area contributed by atoms with Crippen LogP contribution in [0.5, 0.6) is 0 Å². The van der Waals surface area contributed by atoms with Crippen molar-refractivity contribution in [3.05, 3.63) is 17.0 Å². The Morgan fingerprint density at radius 3 is 2.56 bits per heavy atom. The van der Waals surface area contributed by atoms with Crippen LogP contribution in [0, 0.1) is 13.8 Å². The minimum Gasteiger partial charge on any atom is -0.461 e. The maximum Gasteiger partial charge on any atom is 0.355 e. The summed E-state index contributed by atoms with van der Waals surface area (Å²) in [5.74, 6) is -0.0368. The molecule has 0 saturated carbocycles. The third-order valence-corrected chi connectivity index (χ3v) is 8.26. The molecule has 8 nitrogen and oxygen atoms in total. The van der Waals surface area contributed by atoms with Gasteiger partial charge in [0.1, 0.15) is 16.6 Å². The van der Waals surface area contributed by atoms with E-state index in [0.717, 1.165) is 12.8 Å². The number of nitrogens with one attached hydrogen (secondary N) is 1. The Balaban J connectivity index is 1.94. The topological polar surface area (TPSA) is 99.8 Å². The van der Waals surface area contributed by atoms with E-state index in [1.807, 2.05) is 0 Å². The van der Waals surface area contributed by atoms with Gasteiger partial charge in [-0.3, -0.25) is 4.79 Å². The van der Waals surface area contributed by atoms with Crippen LogP contribution in [0.1, 0.15) is 41.5 Å². The van der Waals surface area contributed by atoms with Crippen molar-refractivity contribution >= 4 is 33.7 Å². The highest BCUT2D eigenvalue weighted by molar-refractivity contribution is 8.00. The molecule has 1 aromatic heterocycles. The summed E-state index contributed by atoms with van der Waals surface area (Å²) in [5.41, 5.74) is 0.845. The number of likely N-dealkylation sites (tertiary alicyclic amines) is 1. The first-order chi connectivity index (χ1) is 12.8. The highest BCUT2D eigenvalue weighted by Gasteiger charge is 2.44. The minimum absolute atomic E-state index is 0.0623. The molecule has 2 fully saturated rings. The van der Waals surface area contributed by atoms with E-state index < -0.39 is 22.0 Å². The van der Waals surface area contributed by atoms with Gasteiger partial charge in [0.25, 0.3) is 0 Å². The van der Waals surface area contributed by atoms with Crippen LogP contribution in [0.3, 0.4) is 0 Å². The summed E-state index contributed by atoms with van der Waals surface area (Å²) < 4.78 is 33.0. The van der Waals surface area contributed by atoms with E-state index in [4.69, 9.17) is 4.74 Å². The summed E-state index contributed by atoms with van der Waals surface area (Å²) in [5, 5.41) is 0. The molecule has 2 aliphatic heterocycles. The number of aryl methyl sites for hydroxylation is 1. The largest absolute Gasteiger partial charge is 0.461 e. The van der Waals surface area contributed by atoms with Gasteiger partial charge in [-0.1, -0.05) is 0 Å². The first kappa shape index (κ1) is 20.2. The normalized spacial score (nSPS) is 21.0. The number of nitrogens with zero attached hydrogens (tertiary/aromatic N) is 2. The monoisotopic (exact) mass is 415 g/mol. The fraction of sp³-hybridized carbons (Fsp3) is 0.647. The highest BCUT2D eigenvalue weighted by Crippen LogP contribution is 2.33. The molecule has 150 valence electrons. The zero-order valence-electron chi connectivity index (χ0n) is 15.8. The lowest BCUT2D eigenvalue weighted by Gasteiger charge is -2.26. The maximum absolute atomic E-state index is 13.4. The first-order valence-electron chi connectivity index (χ1n) is 9.03. The van der Waals surface area contributed by atoms with E-state index >= 15 is 0 Å². The van der Waals surface area contributed by atoms with Crippen LogP contribution in [0.2, 0.25) is 0 Å². The van der Waals surface area contributed by atoms with E-state index in [0.29, 0.717) is 30.1 Å². The Hall–Kier alpha value is -1.52. The van der Waals surface area contributed by atoms with Gasteiger partial charge in [-0.05, 0) is 33.6 Å². The molecular formula is C17H25N3O5S2. The third-order valence-electron chi connectivity index (χ3n) is 4.96. The van der Waals surface area contributed by atoms with Crippen LogP contribution in [-0.2, 0) is 19.6 Å². The molecule has 0 aliphatic carbocycles. The second-order valence-corrected chi connectivity index (χ2v) is 9.57. The molecule has 2 saturated heterocycles. The molecule has 27 heavy (non-hydrogen) atoms. The van der Waals surface area contributed by atoms with Crippen molar-refractivity contribution in [3.8, 4) is 0 Å². The van der Waals surface area contributed by atoms with Gasteiger partial charge in [-0.25, -0.2) is 13.2 Å². The number of thioether (sulfide) groups is 1. The number of aromatic amines is 1. The predicted octanol–water partition coefficient (Wildman–Crippen LogP) is 1.49. The second-order valence-electron chi connectivity index (χ2n) is 6.74. The molecule has 0 unspecified atom stereocenters. The standard InChI is InChI=1S/C17H25N3O5S2/c1-4-25-17(22)14-11(2)15(12(3)18-14)27(23,24)20-10-26-9-13(20)16(21)19-7-5-6-8-19/h13,18H,4-10H2,1-3H3/t13-/m1/s1. The van der Waals surface area contributed by atoms with Crippen molar-refractivity contribution in [1.82, 2.24) is 14.2 Å². The number of esters is 1. The van der Waals surface area contributed by atoms with Gasteiger partial charge in [0, 0.05) is 30.1 Å². The molecule has 1 amide bonds. The number of hydrogen-bond acceptors (Lipinski definition) is 6. The minimum atomic E-state index is -3.93. The lowest BCUT2D eigenvalue weighted by atomic mass is 10.2. The number of hydrogen-bond donors (Lipinski definition) is 1. The Morgan fingerprint density at radius 1 is 1.26 bits per heavy atom. The molecule has 0 bridgehead atoms. The Kier molecular flexibility index (Phi) is 5.87. The van der Waals surface area contributed by atoms with Crippen LogP contribution < -0.4 is 0 Å². The molecule has 0 spiro atoms. The van der Waals surface area contributed by atoms with E-state index in [-0.39, 0.29) is 29.0 Å². The number of aromatic nitrogens is 1. The second kappa shape index (κ2) is 7.84. The molecule has 0 radical (unpaired) electrons. The predicted molar refractivity (Wildman–Crippen MR) is 102 cm³/mol. The summed E-state index contributed by atoms with van der Waals surface area (Å²) in [4.78, 5) is 29.6. The summed E-state index contributed by atoms with van der Waals surface area (Å²) in [6.07, 6.45) is 1.91. The van der Waals surface area contributed by atoms with Gasteiger partial charge >= 0.3 is 5.97 Å². The molecule has 1 aromatic rings. The molecule has 1 atom stereocenters. The Bertz CT molecular complexity index is 843. The number of carbonyl (C=O) groups is 2. The van der Waals surface area contributed by atoms with Crippen molar-refractivity contribution in [1.29, 1.82) is 0 Å². The Morgan fingerprint density at radius 2 is 1.93 bits per heavy atom. The zero-order valence-corrected chi connectivity index (χ0v) is 17.4. The molecule has 3 rings (SSSR count). The molecule has 10 heteroatoms. The van der Waals surface area contributed by atoms with Gasteiger partial charge in [0.2, 0.25) is 15.9 Å². The van der Waals surface area contributed by atoms with Crippen molar-refractivity contribution in [2.24, 2.45) is 0 Å². The van der Waals surface area contributed by atoms with Crippen molar-refractivity contribution in [3.63, 3.8) is 0 Å². The van der Waals surface area contributed by atoms with Crippen LogP contribution >= 0.6 is 11.8 Å². The lowest BCUT2D eigenvalue weighted by Crippen LogP contribution is -2.48. The molecule has 1 N–H and O–H groups in total. The van der Waals surface area contributed by atoms with E-state index in [9.17, 15) is 18.0 Å². The average molecular weight is 416 g/mol. The van der Waals surface area contributed by atoms with E-state index in [1.165, 1.54) is 16.1 Å². The number of sulfonamides is 1. The van der Waals surface area contributed by atoms with Gasteiger partial charge in [0.05, 0.1) is 12.5 Å². The molecule has 0 aromatic carbocycles. The van der Waals surface area contributed by atoms with Crippen molar-refractivity contribution < 1.29 is 22.7 Å². The third kappa shape index (κ3) is 3.62. The molecular weight excluding hydrogens is 390 g/mol. The molecule has 2 aliphatic rings. The van der Waals surface area contributed by atoms with E-state index in [2.05, 4.69) is 4.98 Å². The number of rotatable bonds is 5. The highest BCUT2D eigenvalue weighted by atomic mass is 32.2. The van der Waals surface area contributed by atoms with Gasteiger partial charge in [0.15, 0.2) is 0 Å². The maximum atomic E-state index is 13.4. The smallest absolute Gasteiger partial charge is 0.355 e. The van der Waals surface area contributed by atoms with Crippen LogP contribution in [0.15, 0.2) is 4.90 Å². The van der Waals surface area contributed by atoms with Crippen molar-refractivity contribution in [2.75, 3.05) is 31.3 Å². The van der Waals surface area contributed by atoms with E-state index in [1.54, 1.807) is 25.7 Å². The van der Waals surface area contributed by atoms with Gasteiger partial charge in [-0.15, -0.1) is 11.8 Å². The van der Waals surface area contributed by atoms with Gasteiger partial charge in [-0.2, -0.15) is 4.31 Å². The number of ether oxygens (including phenoxy) is 1. The number of amides is 1. The lowest BCUT2D eigenvalue weighted by molar-refractivity contribution is -0.133. The number of carbonyl (C=O) groups excluding carboxylic acids is 2. The quantitative estimate of drug-likeness (QED) is 0.732. The fourth-order valence-electron chi connectivity index (χ4n) is 3.65. The van der Waals surface area contributed by atoms with Crippen LogP contribution in [0.4, 0.5) is 0 Å². The SMILES string of the molecule is CCOC(=O)c1[nH]c(C)c(S(=O)(=O)N2CSC[C@@H]2C(=O)N2CCCC2)c1C. The summed E-state index contributed by atoms with van der Waals surface area (Å²) in [6, 6.07) is -0.696. The zero-order chi connectivity index (χ0) is 19.8. The summed E-state index contributed by atoms with van der Waals surface area (Å²) >= 11 is 1.43. The average Bonchev–Trinajstić information content (AvgIpc) is 3.34. The fourth-order valence-corrected chi connectivity index (χ4v) is 7.20. The van der Waals surface area contributed by atoms with Crippen LogP contribution in [-0.4, -0.2) is 71.9 Å².